The maximum atomic E-state index is 13.1. The summed E-state index contributed by atoms with van der Waals surface area (Å²) in [4.78, 5) is 27.6. The average molecular weight is 391 g/mol. The summed E-state index contributed by atoms with van der Waals surface area (Å²) < 4.78 is 10.9. The highest BCUT2D eigenvalue weighted by Crippen LogP contribution is 2.48. The van der Waals surface area contributed by atoms with Crippen LogP contribution < -0.4 is 5.73 Å². The monoisotopic (exact) mass is 390 g/mol. The van der Waals surface area contributed by atoms with Crippen LogP contribution in [0.5, 0.6) is 0 Å². The molecular formula is C22H34N2O4. The van der Waals surface area contributed by atoms with Crippen LogP contribution in [0.2, 0.25) is 0 Å². The van der Waals surface area contributed by atoms with Gasteiger partial charge in [-0.05, 0) is 44.2 Å². The van der Waals surface area contributed by atoms with Crippen molar-refractivity contribution in [2.24, 2.45) is 17.1 Å². The minimum atomic E-state index is -0.800. The Morgan fingerprint density at radius 3 is 2.32 bits per heavy atom. The summed E-state index contributed by atoms with van der Waals surface area (Å²) >= 11 is 0. The van der Waals surface area contributed by atoms with E-state index in [4.69, 9.17) is 15.2 Å². The minimum Gasteiger partial charge on any atom is -0.464 e. The topological polar surface area (TPSA) is 81.9 Å². The van der Waals surface area contributed by atoms with Crippen LogP contribution in [-0.2, 0) is 14.3 Å². The van der Waals surface area contributed by atoms with Crippen LogP contribution in [0.25, 0.3) is 0 Å². The molecule has 0 aromatic heterocycles. The summed E-state index contributed by atoms with van der Waals surface area (Å²) in [7, 11) is 0. The normalized spacial score (nSPS) is 25.1. The number of amides is 1. The number of carbonyl (C=O) groups is 2. The molecule has 6 nitrogen and oxygen atoms in total. The van der Waals surface area contributed by atoms with E-state index in [9.17, 15) is 9.59 Å². The van der Waals surface area contributed by atoms with Crippen molar-refractivity contribution in [2.75, 3.05) is 6.61 Å². The fraction of sp³-hybridized carbons (Fsp3) is 0.636. The predicted octanol–water partition coefficient (Wildman–Crippen LogP) is 3.82. The Morgan fingerprint density at radius 2 is 1.82 bits per heavy atom. The number of ether oxygens (including phenoxy) is 2. The van der Waals surface area contributed by atoms with Gasteiger partial charge in [0.15, 0.2) is 0 Å². The van der Waals surface area contributed by atoms with Gasteiger partial charge in [-0.3, -0.25) is 4.90 Å². The van der Waals surface area contributed by atoms with Crippen LogP contribution in [0.4, 0.5) is 4.79 Å². The largest absolute Gasteiger partial charge is 0.464 e. The van der Waals surface area contributed by atoms with Crippen LogP contribution in [0.1, 0.15) is 58.7 Å². The molecule has 2 N–H and O–H groups in total. The van der Waals surface area contributed by atoms with Crippen molar-refractivity contribution in [2.45, 2.75) is 72.7 Å². The van der Waals surface area contributed by atoms with Crippen molar-refractivity contribution in [1.29, 1.82) is 0 Å². The molecule has 1 aromatic carbocycles. The first kappa shape index (κ1) is 22.2. The van der Waals surface area contributed by atoms with Crippen molar-refractivity contribution < 1.29 is 19.1 Å². The highest BCUT2D eigenvalue weighted by Gasteiger charge is 2.58. The molecule has 0 spiro atoms. The smallest absolute Gasteiger partial charge is 0.411 e. The number of carbonyl (C=O) groups excluding carboxylic acids is 2. The van der Waals surface area contributed by atoms with Gasteiger partial charge in [0, 0.05) is 12.0 Å². The Labute approximate surface area is 168 Å². The number of benzene rings is 1. The number of esters is 1. The molecule has 4 atom stereocenters. The zero-order valence-electron chi connectivity index (χ0n) is 18.1. The van der Waals surface area contributed by atoms with Gasteiger partial charge in [-0.1, -0.05) is 45.0 Å². The average Bonchev–Trinajstić information content (AvgIpc) is 2.88. The molecule has 156 valence electrons. The lowest BCUT2D eigenvalue weighted by atomic mass is 9.73. The number of rotatable bonds is 4. The molecule has 0 radical (unpaired) electrons. The van der Waals surface area contributed by atoms with Crippen LogP contribution in [0, 0.1) is 18.3 Å². The summed E-state index contributed by atoms with van der Waals surface area (Å²) in [5.74, 6) is -0.717. The first-order valence-electron chi connectivity index (χ1n) is 9.97. The predicted molar refractivity (Wildman–Crippen MR) is 109 cm³/mol. The Kier molecular flexibility index (Phi) is 6.75. The minimum absolute atomic E-state index is 0.240. The number of likely N-dealkylation sites (tertiary alicyclic amines) is 1. The van der Waals surface area contributed by atoms with Crippen molar-refractivity contribution in [1.82, 2.24) is 4.90 Å². The number of hydrogen-bond donors (Lipinski definition) is 1. The van der Waals surface area contributed by atoms with Crippen LogP contribution in [0.15, 0.2) is 24.3 Å². The lowest BCUT2D eigenvalue weighted by Crippen LogP contribution is -2.48. The molecule has 0 saturated carbocycles. The second-order valence-electron chi connectivity index (χ2n) is 8.81. The number of aryl methyl sites for hydroxylation is 1. The summed E-state index contributed by atoms with van der Waals surface area (Å²) in [6, 6.07) is 6.11. The molecular weight excluding hydrogens is 356 g/mol. The summed E-state index contributed by atoms with van der Waals surface area (Å²) in [6.45, 7) is 13.7. The van der Waals surface area contributed by atoms with E-state index >= 15 is 0 Å². The number of nitrogens with zero attached hydrogens (tertiary/aromatic N) is 1. The second-order valence-corrected chi connectivity index (χ2v) is 8.81. The van der Waals surface area contributed by atoms with Gasteiger partial charge in [0.05, 0.1) is 18.8 Å². The van der Waals surface area contributed by atoms with E-state index in [0.717, 1.165) is 11.1 Å². The van der Waals surface area contributed by atoms with Crippen molar-refractivity contribution >= 4 is 12.1 Å². The first-order valence-corrected chi connectivity index (χ1v) is 9.97. The van der Waals surface area contributed by atoms with Gasteiger partial charge in [0.25, 0.3) is 0 Å². The van der Waals surface area contributed by atoms with Crippen LogP contribution in [-0.4, -0.2) is 41.8 Å². The van der Waals surface area contributed by atoms with E-state index in [0.29, 0.717) is 0 Å². The maximum absolute atomic E-state index is 13.1. The molecule has 1 saturated heterocycles. The van der Waals surface area contributed by atoms with Crippen molar-refractivity contribution in [3.8, 4) is 0 Å². The third-order valence-electron chi connectivity index (χ3n) is 5.30. The molecule has 1 amide bonds. The van der Waals surface area contributed by atoms with Crippen LogP contribution >= 0.6 is 0 Å². The molecule has 1 aromatic rings. The van der Waals surface area contributed by atoms with E-state index in [2.05, 4.69) is 0 Å². The number of hydrogen-bond acceptors (Lipinski definition) is 5. The fourth-order valence-electron chi connectivity index (χ4n) is 4.24. The molecule has 0 bridgehead atoms. The summed E-state index contributed by atoms with van der Waals surface area (Å²) in [5, 5.41) is 0. The van der Waals surface area contributed by atoms with Gasteiger partial charge in [0.2, 0.25) is 0 Å². The van der Waals surface area contributed by atoms with Crippen LogP contribution in [0.3, 0.4) is 0 Å². The Morgan fingerprint density at radius 1 is 1.21 bits per heavy atom. The van der Waals surface area contributed by atoms with Gasteiger partial charge >= 0.3 is 12.1 Å². The molecule has 1 fully saturated rings. The SMILES string of the molecule is CCOC(=O)[C@@H]1[C@@H](C(C)(C)C)[C@H](N)[C@H](c2ccccc2C)N1C(=O)OC(C)C. The van der Waals surface area contributed by atoms with E-state index < -0.39 is 30.2 Å². The van der Waals surface area contributed by atoms with Gasteiger partial charge < -0.3 is 15.2 Å². The van der Waals surface area contributed by atoms with E-state index in [1.165, 1.54) is 4.90 Å². The standard InChI is InChI=1S/C22H34N2O4/c1-8-27-20(25)19-16(22(5,6)7)17(23)18(15-12-10-9-11-14(15)4)24(19)21(26)28-13(2)3/h9-13,16-19H,8,23H2,1-7H3/t16-,17-,18-,19-/m0/s1. The van der Waals surface area contributed by atoms with E-state index in [1.807, 2.05) is 52.0 Å². The third-order valence-corrected chi connectivity index (χ3v) is 5.30. The Bertz CT molecular complexity index is 711. The third kappa shape index (κ3) is 4.32. The molecule has 6 heteroatoms. The maximum Gasteiger partial charge on any atom is 0.411 e. The molecule has 28 heavy (non-hydrogen) atoms. The van der Waals surface area contributed by atoms with Gasteiger partial charge in [-0.2, -0.15) is 0 Å². The summed E-state index contributed by atoms with van der Waals surface area (Å²) in [5.41, 5.74) is 8.37. The highest BCUT2D eigenvalue weighted by molar-refractivity contribution is 5.83. The van der Waals surface area contributed by atoms with Crippen molar-refractivity contribution in [3.63, 3.8) is 0 Å². The lowest BCUT2D eigenvalue weighted by Gasteiger charge is -2.34. The summed E-state index contributed by atoms with van der Waals surface area (Å²) in [6.07, 6.45) is -0.846. The molecule has 2 rings (SSSR count). The quantitative estimate of drug-likeness (QED) is 0.791. The molecule has 0 unspecified atom stereocenters. The Balaban J connectivity index is 2.65. The Hall–Kier alpha value is -2.08. The number of nitrogens with two attached hydrogens (primary N) is 1. The van der Waals surface area contributed by atoms with E-state index in [1.54, 1.807) is 20.8 Å². The molecule has 0 aliphatic carbocycles. The molecule has 1 aliphatic rings. The zero-order valence-corrected chi connectivity index (χ0v) is 18.1. The molecule has 1 heterocycles. The van der Waals surface area contributed by atoms with Gasteiger partial charge in [0.1, 0.15) is 6.04 Å². The van der Waals surface area contributed by atoms with Gasteiger partial charge in [-0.25, -0.2) is 9.59 Å². The van der Waals surface area contributed by atoms with E-state index in [-0.39, 0.29) is 24.0 Å². The fourth-order valence-corrected chi connectivity index (χ4v) is 4.24. The first-order chi connectivity index (χ1) is 13.0. The zero-order chi connectivity index (χ0) is 21.2. The van der Waals surface area contributed by atoms with Crippen molar-refractivity contribution in [3.05, 3.63) is 35.4 Å². The van der Waals surface area contributed by atoms with Gasteiger partial charge in [-0.15, -0.1) is 0 Å². The molecule has 1 aliphatic heterocycles. The highest BCUT2D eigenvalue weighted by atomic mass is 16.6. The lowest BCUT2D eigenvalue weighted by molar-refractivity contribution is -0.151. The second kappa shape index (κ2) is 8.52.